The zero-order chi connectivity index (χ0) is 16.4. The average Bonchev–Trinajstić information content (AvgIpc) is 3.32. The predicted molar refractivity (Wildman–Crippen MR) is 94.4 cm³/mol. The zero-order valence-corrected chi connectivity index (χ0v) is 15.4. The Morgan fingerprint density at radius 1 is 1.04 bits per heavy atom. The Bertz CT molecular complexity index is 403. The van der Waals surface area contributed by atoms with Gasteiger partial charge in [-0.25, -0.2) is 0 Å². The second-order valence-corrected chi connectivity index (χ2v) is 8.56. The smallest absolute Gasteiger partial charge is 0.228 e. The Hall–Kier alpha value is -0.610. The highest BCUT2D eigenvalue weighted by Gasteiger charge is 2.47. The Kier molecular flexibility index (Phi) is 5.32. The molecule has 0 aromatic carbocycles. The van der Waals surface area contributed by atoms with Crippen molar-refractivity contribution in [2.75, 3.05) is 45.8 Å². The molecule has 1 amide bonds. The summed E-state index contributed by atoms with van der Waals surface area (Å²) >= 11 is 0. The summed E-state index contributed by atoms with van der Waals surface area (Å²) in [7, 11) is 0. The molecule has 2 saturated heterocycles. The second kappa shape index (κ2) is 7.10. The van der Waals surface area contributed by atoms with E-state index < -0.39 is 0 Å². The lowest BCUT2D eigenvalue weighted by atomic mass is 9.92. The van der Waals surface area contributed by atoms with Crippen LogP contribution in [0.4, 0.5) is 0 Å². The molecule has 0 N–H and O–H groups in total. The normalized spacial score (nSPS) is 26.7. The van der Waals surface area contributed by atoms with E-state index in [2.05, 4.69) is 35.5 Å². The quantitative estimate of drug-likeness (QED) is 0.778. The molecule has 1 aliphatic carbocycles. The molecule has 3 fully saturated rings. The predicted octanol–water partition coefficient (Wildman–Crippen LogP) is 2.44. The SMILES string of the molecule is CC(C)N1CCC(CCN2CCN(C(=O)C3(C)CC3)CC2)CC1. The molecule has 3 rings (SSSR count). The Morgan fingerprint density at radius 3 is 2.17 bits per heavy atom. The van der Waals surface area contributed by atoms with E-state index in [-0.39, 0.29) is 5.41 Å². The van der Waals surface area contributed by atoms with Crippen LogP contribution >= 0.6 is 0 Å². The maximum Gasteiger partial charge on any atom is 0.228 e. The molecule has 4 heteroatoms. The fourth-order valence-corrected chi connectivity index (χ4v) is 4.08. The number of nitrogens with zero attached hydrogens (tertiary/aromatic N) is 3. The van der Waals surface area contributed by atoms with Gasteiger partial charge < -0.3 is 9.80 Å². The zero-order valence-electron chi connectivity index (χ0n) is 15.4. The summed E-state index contributed by atoms with van der Waals surface area (Å²) in [5.74, 6) is 1.33. The topological polar surface area (TPSA) is 26.8 Å². The molecule has 0 aromatic rings. The van der Waals surface area contributed by atoms with Crippen LogP contribution in [0.5, 0.6) is 0 Å². The molecule has 3 aliphatic rings. The summed E-state index contributed by atoms with van der Waals surface area (Å²) in [5.41, 5.74) is 0.00650. The van der Waals surface area contributed by atoms with Crippen LogP contribution in [-0.2, 0) is 4.79 Å². The van der Waals surface area contributed by atoms with Crippen LogP contribution in [0.15, 0.2) is 0 Å². The molecule has 0 atom stereocenters. The first kappa shape index (κ1) is 17.2. The van der Waals surface area contributed by atoms with E-state index in [1.807, 2.05) is 0 Å². The molecule has 23 heavy (non-hydrogen) atoms. The maximum absolute atomic E-state index is 12.4. The van der Waals surface area contributed by atoms with Gasteiger partial charge in [0.15, 0.2) is 0 Å². The van der Waals surface area contributed by atoms with E-state index in [0.717, 1.165) is 44.9 Å². The lowest BCUT2D eigenvalue weighted by Crippen LogP contribution is -2.50. The van der Waals surface area contributed by atoms with Gasteiger partial charge in [-0.3, -0.25) is 9.69 Å². The van der Waals surface area contributed by atoms with Gasteiger partial charge in [-0.1, -0.05) is 6.92 Å². The van der Waals surface area contributed by atoms with E-state index in [0.29, 0.717) is 11.9 Å². The summed E-state index contributed by atoms with van der Waals surface area (Å²) in [4.78, 5) is 19.7. The maximum atomic E-state index is 12.4. The monoisotopic (exact) mass is 321 g/mol. The Labute approximate surface area is 142 Å². The number of rotatable bonds is 5. The van der Waals surface area contributed by atoms with E-state index in [4.69, 9.17) is 0 Å². The summed E-state index contributed by atoms with van der Waals surface area (Å²) in [6.45, 7) is 14.6. The molecular weight excluding hydrogens is 286 g/mol. The summed E-state index contributed by atoms with van der Waals surface area (Å²) in [6, 6.07) is 0.704. The minimum atomic E-state index is 0.00650. The fourth-order valence-electron chi connectivity index (χ4n) is 4.08. The highest BCUT2D eigenvalue weighted by molar-refractivity contribution is 5.85. The number of hydrogen-bond donors (Lipinski definition) is 0. The number of carbonyl (C=O) groups excluding carboxylic acids is 1. The first-order valence-corrected chi connectivity index (χ1v) is 9.74. The van der Waals surface area contributed by atoms with Gasteiger partial charge in [0.25, 0.3) is 0 Å². The van der Waals surface area contributed by atoms with Crippen molar-refractivity contribution in [2.45, 2.75) is 58.9 Å². The number of piperazine rings is 1. The first-order chi connectivity index (χ1) is 11.0. The van der Waals surface area contributed by atoms with Crippen molar-refractivity contribution >= 4 is 5.91 Å². The molecular formula is C19H35N3O. The number of piperidine rings is 1. The van der Waals surface area contributed by atoms with Crippen LogP contribution in [0.3, 0.4) is 0 Å². The number of hydrogen-bond acceptors (Lipinski definition) is 3. The molecule has 0 bridgehead atoms. The van der Waals surface area contributed by atoms with Crippen molar-refractivity contribution < 1.29 is 4.79 Å². The van der Waals surface area contributed by atoms with Crippen molar-refractivity contribution in [3.05, 3.63) is 0 Å². The van der Waals surface area contributed by atoms with Gasteiger partial charge in [-0.2, -0.15) is 0 Å². The molecule has 0 spiro atoms. The summed E-state index contributed by atoms with van der Waals surface area (Å²) < 4.78 is 0. The second-order valence-electron chi connectivity index (χ2n) is 8.56. The van der Waals surface area contributed by atoms with Gasteiger partial charge in [0, 0.05) is 37.6 Å². The third kappa shape index (κ3) is 4.27. The third-order valence-electron chi connectivity index (χ3n) is 6.41. The van der Waals surface area contributed by atoms with Crippen LogP contribution in [0, 0.1) is 11.3 Å². The number of carbonyl (C=O) groups is 1. The molecule has 1 saturated carbocycles. The number of amides is 1. The first-order valence-electron chi connectivity index (χ1n) is 9.74. The lowest BCUT2D eigenvalue weighted by molar-refractivity contribution is -0.138. The summed E-state index contributed by atoms with van der Waals surface area (Å²) in [5, 5.41) is 0. The van der Waals surface area contributed by atoms with Crippen LogP contribution in [-0.4, -0.2) is 72.5 Å². The highest BCUT2D eigenvalue weighted by Crippen LogP contribution is 2.46. The minimum Gasteiger partial charge on any atom is -0.340 e. The van der Waals surface area contributed by atoms with Crippen molar-refractivity contribution in [3.63, 3.8) is 0 Å². The van der Waals surface area contributed by atoms with Gasteiger partial charge in [0.1, 0.15) is 0 Å². The average molecular weight is 322 g/mol. The lowest BCUT2D eigenvalue weighted by Gasteiger charge is -2.38. The largest absolute Gasteiger partial charge is 0.340 e. The van der Waals surface area contributed by atoms with Gasteiger partial charge >= 0.3 is 0 Å². The fraction of sp³-hybridized carbons (Fsp3) is 0.947. The summed E-state index contributed by atoms with van der Waals surface area (Å²) in [6.07, 6.45) is 6.28. The molecule has 0 aromatic heterocycles. The van der Waals surface area contributed by atoms with Crippen molar-refractivity contribution in [1.29, 1.82) is 0 Å². The van der Waals surface area contributed by atoms with E-state index in [9.17, 15) is 4.79 Å². The Morgan fingerprint density at radius 2 is 1.65 bits per heavy atom. The standard InChI is InChI=1S/C19H35N3O/c1-16(2)21-10-5-17(6-11-21)4-9-20-12-14-22(15-13-20)18(23)19(3)7-8-19/h16-17H,4-15H2,1-3H3. The molecule has 2 heterocycles. The third-order valence-corrected chi connectivity index (χ3v) is 6.41. The van der Waals surface area contributed by atoms with Crippen LogP contribution in [0.1, 0.15) is 52.9 Å². The van der Waals surface area contributed by atoms with Gasteiger partial charge in [0.2, 0.25) is 5.91 Å². The van der Waals surface area contributed by atoms with Crippen molar-refractivity contribution in [1.82, 2.24) is 14.7 Å². The van der Waals surface area contributed by atoms with Crippen molar-refractivity contribution in [2.24, 2.45) is 11.3 Å². The van der Waals surface area contributed by atoms with Crippen LogP contribution in [0.2, 0.25) is 0 Å². The molecule has 4 nitrogen and oxygen atoms in total. The van der Waals surface area contributed by atoms with Gasteiger partial charge in [-0.05, 0) is 71.5 Å². The molecule has 132 valence electrons. The highest BCUT2D eigenvalue weighted by atomic mass is 16.2. The Balaban J connectivity index is 1.33. The van der Waals surface area contributed by atoms with Crippen LogP contribution < -0.4 is 0 Å². The van der Waals surface area contributed by atoms with E-state index in [1.165, 1.54) is 38.9 Å². The molecule has 2 aliphatic heterocycles. The van der Waals surface area contributed by atoms with Crippen LogP contribution in [0.25, 0.3) is 0 Å². The van der Waals surface area contributed by atoms with Crippen molar-refractivity contribution in [3.8, 4) is 0 Å². The van der Waals surface area contributed by atoms with E-state index >= 15 is 0 Å². The van der Waals surface area contributed by atoms with Gasteiger partial charge in [-0.15, -0.1) is 0 Å². The minimum absolute atomic E-state index is 0.00650. The van der Waals surface area contributed by atoms with E-state index in [1.54, 1.807) is 0 Å². The van der Waals surface area contributed by atoms with Gasteiger partial charge in [0.05, 0.1) is 0 Å². The molecule has 0 radical (unpaired) electrons. The number of likely N-dealkylation sites (tertiary alicyclic amines) is 1. The molecule has 0 unspecified atom stereocenters.